The number of ether oxygens (including phenoxy) is 4. The van der Waals surface area contributed by atoms with Gasteiger partial charge in [-0.2, -0.15) is 0 Å². The van der Waals surface area contributed by atoms with Crippen LogP contribution in [0.1, 0.15) is 77.6 Å². The summed E-state index contributed by atoms with van der Waals surface area (Å²) in [5.74, 6) is 0.0420. The number of carbonyl (C=O) groups excluding carboxylic acids is 2. The smallest absolute Gasteiger partial charge is 0.407 e. The lowest BCUT2D eigenvalue weighted by Gasteiger charge is -2.30. The van der Waals surface area contributed by atoms with Gasteiger partial charge in [-0.3, -0.25) is 4.90 Å². The largest absolute Gasteiger partial charge is 0.487 e. The summed E-state index contributed by atoms with van der Waals surface area (Å²) in [7, 11) is 2.15. The summed E-state index contributed by atoms with van der Waals surface area (Å²) < 4.78 is 27.2. The van der Waals surface area contributed by atoms with Gasteiger partial charge in [-0.25, -0.2) is 14.6 Å². The SMILES string of the molecule is CCc1c(-c2ccc3c(c2)cc2n3C[C@@H](CNC(=O)OC(C)(C)C)[C@H]2N(C)Cc2ccccc2)nc(OCc2ccccc2)c(C(=O)OCc2ccccc2)c1OCc1ccccc1. The molecule has 1 aliphatic rings. The first-order chi connectivity index (χ1) is 31.0. The Labute approximate surface area is 375 Å². The van der Waals surface area contributed by atoms with E-state index in [9.17, 15) is 9.59 Å². The van der Waals surface area contributed by atoms with Gasteiger partial charge in [-0.1, -0.05) is 134 Å². The molecule has 5 aromatic carbocycles. The van der Waals surface area contributed by atoms with E-state index in [1.165, 1.54) is 11.3 Å². The van der Waals surface area contributed by atoms with Crippen LogP contribution in [0.3, 0.4) is 0 Å². The number of pyridine rings is 1. The molecule has 64 heavy (non-hydrogen) atoms. The van der Waals surface area contributed by atoms with Gasteiger partial charge in [-0.05, 0) is 74.7 Å². The van der Waals surface area contributed by atoms with E-state index in [0.29, 0.717) is 31.0 Å². The van der Waals surface area contributed by atoms with Gasteiger partial charge in [0.05, 0.1) is 11.7 Å². The Kier molecular flexibility index (Phi) is 13.4. The summed E-state index contributed by atoms with van der Waals surface area (Å²) in [6, 6.07) is 48.4. The number of nitrogens with one attached hydrogen (secondary N) is 1. The van der Waals surface area contributed by atoms with Gasteiger partial charge in [0, 0.05) is 53.3 Å². The second-order valence-corrected chi connectivity index (χ2v) is 17.4. The van der Waals surface area contributed by atoms with E-state index >= 15 is 0 Å². The predicted octanol–water partition coefficient (Wildman–Crippen LogP) is 11.1. The summed E-state index contributed by atoms with van der Waals surface area (Å²) in [4.78, 5) is 34.8. The van der Waals surface area contributed by atoms with Crippen molar-refractivity contribution in [3.8, 4) is 22.9 Å². The van der Waals surface area contributed by atoms with Crippen LogP contribution in [-0.4, -0.2) is 45.7 Å². The van der Waals surface area contributed by atoms with Gasteiger partial charge in [0.1, 0.15) is 31.2 Å². The van der Waals surface area contributed by atoms with Crippen molar-refractivity contribution in [3.63, 3.8) is 0 Å². The molecule has 0 saturated heterocycles. The molecule has 0 unspecified atom stereocenters. The molecule has 2 aromatic heterocycles. The highest BCUT2D eigenvalue weighted by molar-refractivity contribution is 5.97. The molecule has 0 saturated carbocycles. The van der Waals surface area contributed by atoms with Crippen LogP contribution in [0.2, 0.25) is 0 Å². The standard InChI is InChI=1S/C54H56N4O6/c1-6-44-48(41-27-28-45-42(29-41)30-46-49(57(5)32-37-19-11-7-12-20-37)43(33-58(45)46)31-55-53(60)64-54(2,3)4)56-51(62-35-39-23-15-9-16-24-39)47(50(44)61-34-38-21-13-8-14-22-38)52(59)63-36-40-25-17-10-18-26-40/h7-30,43,49H,6,31-36H2,1-5H3,(H,55,60)/t43-,49-/m1/s1. The van der Waals surface area contributed by atoms with Gasteiger partial charge in [0.25, 0.3) is 0 Å². The molecule has 7 aromatic rings. The second kappa shape index (κ2) is 19.6. The fourth-order valence-corrected chi connectivity index (χ4v) is 8.57. The quantitative estimate of drug-likeness (QED) is 0.0959. The number of nitrogens with zero attached hydrogens (tertiary/aromatic N) is 3. The van der Waals surface area contributed by atoms with Gasteiger partial charge < -0.3 is 28.8 Å². The molecule has 0 spiro atoms. The zero-order valence-corrected chi connectivity index (χ0v) is 37.3. The molecule has 0 radical (unpaired) electrons. The molecule has 328 valence electrons. The monoisotopic (exact) mass is 856 g/mol. The van der Waals surface area contributed by atoms with Crippen LogP contribution in [-0.2, 0) is 48.8 Å². The molecule has 10 nitrogen and oxygen atoms in total. The first-order valence-electron chi connectivity index (χ1n) is 22.0. The summed E-state index contributed by atoms with van der Waals surface area (Å²) in [5.41, 5.74) is 8.07. The van der Waals surface area contributed by atoms with Crippen LogP contribution < -0.4 is 14.8 Å². The maximum Gasteiger partial charge on any atom is 0.407 e. The number of aromatic nitrogens is 2. The Balaban J connectivity index is 1.20. The van der Waals surface area contributed by atoms with E-state index < -0.39 is 17.7 Å². The number of hydrogen-bond donors (Lipinski definition) is 1. The van der Waals surface area contributed by atoms with E-state index in [1.807, 2.05) is 125 Å². The van der Waals surface area contributed by atoms with Crippen LogP contribution in [0.25, 0.3) is 22.2 Å². The first-order valence-corrected chi connectivity index (χ1v) is 22.0. The van der Waals surface area contributed by atoms with Gasteiger partial charge >= 0.3 is 12.1 Å². The number of alkyl carbamates (subject to hydrolysis) is 1. The van der Waals surface area contributed by atoms with Crippen LogP contribution in [0.4, 0.5) is 4.79 Å². The Morgan fingerprint density at radius 1 is 0.750 bits per heavy atom. The summed E-state index contributed by atoms with van der Waals surface area (Å²) in [6.07, 6.45) is 0.102. The van der Waals surface area contributed by atoms with Crippen LogP contribution >= 0.6 is 0 Å². The first kappa shape index (κ1) is 43.7. The highest BCUT2D eigenvalue weighted by Crippen LogP contribution is 2.43. The van der Waals surface area contributed by atoms with Crippen molar-refractivity contribution in [1.29, 1.82) is 0 Å². The number of rotatable bonds is 16. The molecular weight excluding hydrogens is 801 g/mol. The molecule has 0 fully saturated rings. The topological polar surface area (TPSA) is 104 Å². The summed E-state index contributed by atoms with van der Waals surface area (Å²) >= 11 is 0. The van der Waals surface area contributed by atoms with E-state index in [4.69, 9.17) is 23.9 Å². The number of hydrogen-bond acceptors (Lipinski definition) is 8. The van der Waals surface area contributed by atoms with Crippen molar-refractivity contribution in [2.24, 2.45) is 5.92 Å². The number of amides is 1. The van der Waals surface area contributed by atoms with Crippen molar-refractivity contribution in [2.75, 3.05) is 13.6 Å². The lowest BCUT2D eigenvalue weighted by Crippen LogP contribution is -2.38. The van der Waals surface area contributed by atoms with Crippen molar-refractivity contribution >= 4 is 23.0 Å². The molecule has 0 bridgehead atoms. The summed E-state index contributed by atoms with van der Waals surface area (Å²) in [6.45, 7) is 10.1. The average molecular weight is 857 g/mol. The maximum atomic E-state index is 14.4. The van der Waals surface area contributed by atoms with Gasteiger partial charge in [0.2, 0.25) is 5.88 Å². The Hall–Kier alpha value is -6.91. The Morgan fingerprint density at radius 3 is 1.92 bits per heavy atom. The lowest BCUT2D eigenvalue weighted by atomic mass is 9.97. The Morgan fingerprint density at radius 2 is 1.33 bits per heavy atom. The molecule has 1 N–H and O–H groups in total. The number of esters is 1. The number of benzene rings is 5. The minimum atomic E-state index is -0.593. The zero-order chi connectivity index (χ0) is 44.6. The third kappa shape index (κ3) is 10.3. The number of carbonyl (C=O) groups is 2. The molecule has 8 rings (SSSR count). The minimum Gasteiger partial charge on any atom is -0.487 e. The van der Waals surface area contributed by atoms with E-state index in [-0.39, 0.29) is 43.2 Å². The summed E-state index contributed by atoms with van der Waals surface area (Å²) in [5, 5.41) is 4.11. The molecule has 1 amide bonds. The molecule has 3 heterocycles. The Bertz CT molecular complexity index is 2680. The van der Waals surface area contributed by atoms with Crippen LogP contribution in [0.15, 0.2) is 146 Å². The van der Waals surface area contributed by atoms with Crippen LogP contribution in [0, 0.1) is 5.92 Å². The highest BCUT2D eigenvalue weighted by atomic mass is 16.6. The van der Waals surface area contributed by atoms with Crippen molar-refractivity contribution in [1.82, 2.24) is 19.8 Å². The van der Waals surface area contributed by atoms with E-state index in [0.717, 1.165) is 45.3 Å². The van der Waals surface area contributed by atoms with E-state index in [2.05, 4.69) is 70.4 Å². The van der Waals surface area contributed by atoms with Gasteiger partial charge in [-0.15, -0.1) is 0 Å². The maximum absolute atomic E-state index is 14.4. The normalized spacial score (nSPS) is 14.6. The fourth-order valence-electron chi connectivity index (χ4n) is 8.57. The van der Waals surface area contributed by atoms with Crippen molar-refractivity contribution in [2.45, 2.75) is 78.7 Å². The molecule has 10 heteroatoms. The van der Waals surface area contributed by atoms with Crippen molar-refractivity contribution < 1.29 is 28.5 Å². The second-order valence-electron chi connectivity index (χ2n) is 17.4. The average Bonchev–Trinajstić information content (AvgIpc) is 3.84. The third-order valence-corrected chi connectivity index (χ3v) is 11.5. The molecular formula is C54H56N4O6. The van der Waals surface area contributed by atoms with Gasteiger partial charge in [0.15, 0.2) is 5.56 Å². The molecule has 1 aliphatic heterocycles. The number of fused-ring (bicyclic) bond motifs is 3. The molecule has 2 atom stereocenters. The fraction of sp³-hybridized carbons (Fsp3) is 0.278. The molecule has 0 aliphatic carbocycles. The van der Waals surface area contributed by atoms with Crippen LogP contribution in [0.5, 0.6) is 11.6 Å². The zero-order valence-electron chi connectivity index (χ0n) is 37.3. The minimum absolute atomic E-state index is 0.00693. The third-order valence-electron chi connectivity index (χ3n) is 11.5. The van der Waals surface area contributed by atoms with E-state index in [1.54, 1.807) is 0 Å². The highest BCUT2D eigenvalue weighted by Gasteiger charge is 2.38. The lowest BCUT2D eigenvalue weighted by molar-refractivity contribution is 0.0458. The van der Waals surface area contributed by atoms with Crippen molar-refractivity contribution in [3.05, 3.63) is 185 Å². The predicted molar refractivity (Wildman–Crippen MR) is 250 cm³/mol.